The highest BCUT2D eigenvalue weighted by Crippen LogP contribution is 2.32. The number of hydrogen-bond acceptors (Lipinski definition) is 3. The molecule has 0 unspecified atom stereocenters. The van der Waals surface area contributed by atoms with E-state index in [-0.39, 0.29) is 11.3 Å². The van der Waals surface area contributed by atoms with Crippen LogP contribution in [0.2, 0.25) is 0 Å². The molecular weight excluding hydrogens is 364 g/mol. The quantitative estimate of drug-likeness (QED) is 0.797. The third-order valence-electron chi connectivity index (χ3n) is 1.60. The molecule has 0 saturated heterocycles. The summed E-state index contributed by atoms with van der Waals surface area (Å²) in [5.74, 6) is -2.24. The third kappa shape index (κ3) is 3.50. The zero-order valence-corrected chi connectivity index (χ0v) is 11.7. The number of thioether (sulfide) groups is 1. The van der Waals surface area contributed by atoms with Gasteiger partial charge in [0.05, 0.1) is 11.3 Å². The van der Waals surface area contributed by atoms with Crippen LogP contribution in [0.15, 0.2) is 26.0 Å². The number of carboxylic acids is 2. The van der Waals surface area contributed by atoms with Crippen molar-refractivity contribution in [1.29, 1.82) is 0 Å². The number of aliphatic carboxylic acids is 1. The largest absolute Gasteiger partial charge is 0.481 e. The molecule has 4 nitrogen and oxygen atoms in total. The lowest BCUT2D eigenvalue weighted by atomic mass is 10.2. The monoisotopic (exact) mass is 368 g/mol. The summed E-state index contributed by atoms with van der Waals surface area (Å²) >= 11 is 7.40. The number of halogens is 2. The van der Waals surface area contributed by atoms with Gasteiger partial charge >= 0.3 is 11.9 Å². The van der Waals surface area contributed by atoms with Crippen molar-refractivity contribution >= 4 is 55.6 Å². The zero-order valence-electron chi connectivity index (χ0n) is 7.74. The summed E-state index contributed by atoms with van der Waals surface area (Å²) in [5, 5.41) is 17.5. The van der Waals surface area contributed by atoms with Gasteiger partial charge in [0.1, 0.15) is 0 Å². The highest BCUT2D eigenvalue weighted by molar-refractivity contribution is 9.13. The minimum Gasteiger partial charge on any atom is -0.481 e. The van der Waals surface area contributed by atoms with Crippen LogP contribution in [0.3, 0.4) is 0 Å². The topological polar surface area (TPSA) is 74.6 Å². The molecule has 86 valence electrons. The fourth-order valence-electron chi connectivity index (χ4n) is 0.955. The first kappa shape index (κ1) is 13.5. The molecule has 0 aromatic heterocycles. The van der Waals surface area contributed by atoms with Crippen LogP contribution < -0.4 is 0 Å². The smallest absolute Gasteiger partial charge is 0.336 e. The van der Waals surface area contributed by atoms with Crippen molar-refractivity contribution in [2.24, 2.45) is 0 Å². The average Bonchev–Trinajstić information content (AvgIpc) is 2.18. The molecule has 0 aliphatic carbocycles. The van der Waals surface area contributed by atoms with E-state index in [0.29, 0.717) is 13.8 Å². The minimum atomic E-state index is -1.08. The normalized spacial score (nSPS) is 10.1. The van der Waals surface area contributed by atoms with Gasteiger partial charge in [-0.2, -0.15) is 0 Å². The Balaban J connectivity index is 3.09. The van der Waals surface area contributed by atoms with E-state index >= 15 is 0 Å². The Bertz CT molecular complexity index is 447. The molecule has 2 N–H and O–H groups in total. The van der Waals surface area contributed by atoms with E-state index in [2.05, 4.69) is 31.9 Å². The molecule has 0 atom stereocenters. The van der Waals surface area contributed by atoms with Crippen molar-refractivity contribution in [3.63, 3.8) is 0 Å². The van der Waals surface area contributed by atoms with Crippen LogP contribution in [0.5, 0.6) is 0 Å². The molecule has 0 aliphatic heterocycles. The molecule has 0 fully saturated rings. The Morgan fingerprint density at radius 3 is 2.25 bits per heavy atom. The number of hydrogen-bond donors (Lipinski definition) is 2. The highest BCUT2D eigenvalue weighted by Gasteiger charge is 2.14. The van der Waals surface area contributed by atoms with Crippen LogP contribution in [0, 0.1) is 0 Å². The molecule has 16 heavy (non-hydrogen) atoms. The van der Waals surface area contributed by atoms with E-state index in [4.69, 9.17) is 10.2 Å². The molecule has 0 radical (unpaired) electrons. The van der Waals surface area contributed by atoms with Crippen LogP contribution in [0.4, 0.5) is 0 Å². The Morgan fingerprint density at radius 2 is 1.75 bits per heavy atom. The number of carboxylic acid groups (broad SMARTS) is 2. The first-order chi connectivity index (χ1) is 7.41. The van der Waals surface area contributed by atoms with E-state index in [1.165, 1.54) is 6.07 Å². The van der Waals surface area contributed by atoms with Gasteiger partial charge in [-0.15, -0.1) is 11.8 Å². The lowest BCUT2D eigenvalue weighted by Crippen LogP contribution is -2.02. The molecular formula is C9H6Br2O4S. The van der Waals surface area contributed by atoms with E-state index in [1.807, 2.05) is 0 Å². The molecule has 0 saturated carbocycles. The van der Waals surface area contributed by atoms with Crippen LogP contribution in [-0.2, 0) is 4.79 Å². The second kappa shape index (κ2) is 5.70. The predicted octanol–water partition coefficient (Wildman–Crippen LogP) is 3.09. The molecule has 7 heteroatoms. The third-order valence-corrected chi connectivity index (χ3v) is 4.49. The Labute approximate surface area is 112 Å². The first-order valence-electron chi connectivity index (χ1n) is 3.98. The van der Waals surface area contributed by atoms with Crippen molar-refractivity contribution < 1.29 is 19.8 Å². The molecule has 1 aromatic carbocycles. The van der Waals surface area contributed by atoms with Gasteiger partial charge in [-0.3, -0.25) is 4.79 Å². The maximum absolute atomic E-state index is 10.9. The number of aromatic carboxylic acids is 1. The van der Waals surface area contributed by atoms with Gasteiger partial charge in [0.15, 0.2) is 0 Å². The zero-order chi connectivity index (χ0) is 12.3. The van der Waals surface area contributed by atoms with E-state index in [0.717, 1.165) is 11.8 Å². The van der Waals surface area contributed by atoms with Crippen LogP contribution in [-0.4, -0.2) is 27.9 Å². The maximum atomic E-state index is 10.9. The Morgan fingerprint density at radius 1 is 1.19 bits per heavy atom. The van der Waals surface area contributed by atoms with Gasteiger partial charge in [0, 0.05) is 13.8 Å². The van der Waals surface area contributed by atoms with Gasteiger partial charge in [0.25, 0.3) is 0 Å². The van der Waals surface area contributed by atoms with Crippen LogP contribution in [0.25, 0.3) is 0 Å². The molecule has 0 amide bonds. The van der Waals surface area contributed by atoms with Crippen molar-refractivity contribution in [2.45, 2.75) is 4.90 Å². The SMILES string of the molecule is O=C(O)CSc1cc(Br)c(Br)cc1C(=O)O. The number of carbonyl (C=O) groups is 2. The van der Waals surface area contributed by atoms with Gasteiger partial charge in [-0.05, 0) is 44.0 Å². The van der Waals surface area contributed by atoms with E-state index < -0.39 is 11.9 Å². The first-order valence-corrected chi connectivity index (χ1v) is 6.56. The van der Waals surface area contributed by atoms with Crippen LogP contribution >= 0.6 is 43.6 Å². The van der Waals surface area contributed by atoms with Gasteiger partial charge in [-0.25, -0.2) is 4.79 Å². The van der Waals surface area contributed by atoms with Crippen LogP contribution in [0.1, 0.15) is 10.4 Å². The molecule has 0 aliphatic rings. The standard InChI is InChI=1S/C9H6Br2O4S/c10-5-1-4(9(14)15)7(2-6(5)11)16-3-8(12)13/h1-2H,3H2,(H,12,13)(H,14,15). The fourth-order valence-corrected chi connectivity index (χ4v) is 2.57. The second-order valence-corrected chi connectivity index (χ2v) is 5.48. The Kier molecular flexibility index (Phi) is 4.82. The Hall–Kier alpha value is -0.530. The molecule has 0 spiro atoms. The second-order valence-electron chi connectivity index (χ2n) is 2.75. The van der Waals surface area contributed by atoms with Crippen molar-refractivity contribution in [3.05, 3.63) is 26.6 Å². The summed E-state index contributed by atoms with van der Waals surface area (Å²) in [6.45, 7) is 0. The molecule has 1 aromatic rings. The van der Waals surface area contributed by atoms with Crippen molar-refractivity contribution in [1.82, 2.24) is 0 Å². The summed E-state index contributed by atoms with van der Waals surface area (Å²) in [6.07, 6.45) is 0. The van der Waals surface area contributed by atoms with E-state index in [9.17, 15) is 9.59 Å². The molecule has 1 rings (SSSR count). The number of benzene rings is 1. The van der Waals surface area contributed by atoms with Gasteiger partial charge in [-0.1, -0.05) is 0 Å². The average molecular weight is 370 g/mol. The summed E-state index contributed by atoms with van der Waals surface area (Å²) in [5.41, 5.74) is 0.0846. The summed E-state index contributed by atoms with van der Waals surface area (Å²) in [6, 6.07) is 3.03. The lowest BCUT2D eigenvalue weighted by Gasteiger charge is -2.06. The van der Waals surface area contributed by atoms with E-state index in [1.54, 1.807) is 6.07 Å². The van der Waals surface area contributed by atoms with Gasteiger partial charge < -0.3 is 10.2 Å². The summed E-state index contributed by atoms with van der Waals surface area (Å²) in [4.78, 5) is 21.8. The number of rotatable bonds is 4. The minimum absolute atomic E-state index is 0.0846. The lowest BCUT2D eigenvalue weighted by molar-refractivity contribution is -0.133. The summed E-state index contributed by atoms with van der Waals surface area (Å²) in [7, 11) is 0. The predicted molar refractivity (Wildman–Crippen MR) is 67.2 cm³/mol. The molecule has 0 heterocycles. The van der Waals surface area contributed by atoms with Crippen molar-refractivity contribution in [2.75, 3.05) is 5.75 Å². The van der Waals surface area contributed by atoms with Gasteiger partial charge in [0.2, 0.25) is 0 Å². The summed E-state index contributed by atoms with van der Waals surface area (Å²) < 4.78 is 1.30. The maximum Gasteiger partial charge on any atom is 0.336 e. The highest BCUT2D eigenvalue weighted by atomic mass is 79.9. The fraction of sp³-hybridized carbons (Fsp3) is 0.111. The van der Waals surface area contributed by atoms with Crippen molar-refractivity contribution in [3.8, 4) is 0 Å². The molecule has 0 bridgehead atoms.